The molecular weight excluding hydrogens is 160 g/mol. The number of aryl methyl sites for hydroxylation is 1. The monoisotopic (exact) mass is 176 g/mol. The summed E-state index contributed by atoms with van der Waals surface area (Å²) < 4.78 is 0. The molecule has 1 N–H and O–H groups in total. The molecule has 0 heterocycles. The van der Waals surface area contributed by atoms with Crippen LogP contribution in [0.15, 0.2) is 36.9 Å². The van der Waals surface area contributed by atoms with Crippen molar-refractivity contribution < 1.29 is 5.11 Å². The van der Waals surface area contributed by atoms with E-state index in [2.05, 4.69) is 6.58 Å². The molecule has 0 fully saturated rings. The molecule has 0 saturated carbocycles. The number of allylic oxidation sites excluding steroid dienone is 1. The van der Waals surface area contributed by atoms with Gasteiger partial charge in [-0.25, -0.2) is 0 Å². The van der Waals surface area contributed by atoms with Gasteiger partial charge in [0.25, 0.3) is 0 Å². The number of aliphatic hydroxyl groups is 1. The molecule has 1 aromatic rings. The summed E-state index contributed by atoms with van der Waals surface area (Å²) >= 11 is 0. The zero-order valence-corrected chi connectivity index (χ0v) is 8.03. The van der Waals surface area contributed by atoms with E-state index in [0.717, 1.165) is 24.0 Å². The Morgan fingerprint density at radius 3 is 2.77 bits per heavy atom. The van der Waals surface area contributed by atoms with E-state index in [1.54, 1.807) is 0 Å². The second-order valence-electron chi connectivity index (χ2n) is 3.24. The summed E-state index contributed by atoms with van der Waals surface area (Å²) in [5.41, 5.74) is 2.18. The lowest BCUT2D eigenvalue weighted by atomic mass is 10.0. The van der Waals surface area contributed by atoms with Crippen LogP contribution in [0, 0.1) is 6.92 Å². The maximum absolute atomic E-state index is 9.78. The fraction of sp³-hybridized carbons (Fsp3) is 0.333. The van der Waals surface area contributed by atoms with Crippen molar-refractivity contribution in [2.24, 2.45) is 0 Å². The van der Waals surface area contributed by atoms with Crippen molar-refractivity contribution >= 4 is 0 Å². The second kappa shape index (κ2) is 4.83. The minimum absolute atomic E-state index is 0.348. The Kier molecular flexibility index (Phi) is 3.71. The Hall–Kier alpha value is -1.08. The van der Waals surface area contributed by atoms with Crippen LogP contribution in [-0.4, -0.2) is 5.11 Å². The molecule has 0 saturated heterocycles. The molecule has 13 heavy (non-hydrogen) atoms. The molecule has 0 radical (unpaired) electrons. The molecule has 1 aromatic carbocycles. The molecule has 0 aliphatic carbocycles. The van der Waals surface area contributed by atoms with Gasteiger partial charge in [0.15, 0.2) is 0 Å². The van der Waals surface area contributed by atoms with Gasteiger partial charge in [-0.3, -0.25) is 0 Å². The van der Waals surface area contributed by atoms with Crippen LogP contribution in [0.4, 0.5) is 0 Å². The van der Waals surface area contributed by atoms with Crippen LogP contribution in [0.3, 0.4) is 0 Å². The van der Waals surface area contributed by atoms with E-state index < -0.39 is 0 Å². The lowest BCUT2D eigenvalue weighted by Crippen LogP contribution is -1.98. The van der Waals surface area contributed by atoms with Gasteiger partial charge >= 0.3 is 0 Å². The summed E-state index contributed by atoms with van der Waals surface area (Å²) in [6.45, 7) is 5.66. The third-order valence-corrected chi connectivity index (χ3v) is 2.19. The highest BCUT2D eigenvalue weighted by Gasteiger charge is 2.07. The van der Waals surface area contributed by atoms with Crippen molar-refractivity contribution in [3.8, 4) is 0 Å². The highest BCUT2D eigenvalue weighted by molar-refractivity contribution is 5.27. The van der Waals surface area contributed by atoms with Crippen molar-refractivity contribution in [3.63, 3.8) is 0 Å². The quantitative estimate of drug-likeness (QED) is 0.699. The average Bonchev–Trinajstić information content (AvgIpc) is 2.15. The first-order valence-electron chi connectivity index (χ1n) is 4.60. The molecule has 0 amide bonds. The van der Waals surface area contributed by atoms with Gasteiger partial charge in [-0.05, 0) is 30.9 Å². The molecule has 1 rings (SSSR count). The van der Waals surface area contributed by atoms with Crippen LogP contribution < -0.4 is 0 Å². The normalized spacial score (nSPS) is 12.5. The van der Waals surface area contributed by atoms with Crippen LogP contribution >= 0.6 is 0 Å². The van der Waals surface area contributed by atoms with Crippen molar-refractivity contribution in [3.05, 3.63) is 48.0 Å². The van der Waals surface area contributed by atoms with E-state index in [1.807, 2.05) is 37.3 Å². The summed E-state index contributed by atoms with van der Waals surface area (Å²) in [4.78, 5) is 0. The Morgan fingerprint density at radius 2 is 2.15 bits per heavy atom. The zero-order valence-electron chi connectivity index (χ0n) is 8.03. The van der Waals surface area contributed by atoms with E-state index in [4.69, 9.17) is 0 Å². The summed E-state index contributed by atoms with van der Waals surface area (Å²) in [5.74, 6) is 0. The Balaban J connectivity index is 2.70. The summed E-state index contributed by atoms with van der Waals surface area (Å²) in [7, 11) is 0. The van der Waals surface area contributed by atoms with Crippen molar-refractivity contribution in [2.45, 2.75) is 25.9 Å². The number of hydrogen-bond acceptors (Lipinski definition) is 1. The third-order valence-electron chi connectivity index (χ3n) is 2.19. The highest BCUT2D eigenvalue weighted by Crippen LogP contribution is 2.21. The molecule has 1 atom stereocenters. The molecule has 1 unspecified atom stereocenters. The Bertz CT molecular complexity index is 278. The van der Waals surface area contributed by atoms with Crippen molar-refractivity contribution in [1.29, 1.82) is 0 Å². The molecule has 0 aromatic heterocycles. The minimum Gasteiger partial charge on any atom is -0.388 e. The number of aliphatic hydroxyl groups excluding tert-OH is 1. The lowest BCUT2D eigenvalue weighted by Gasteiger charge is -2.11. The molecule has 1 nitrogen and oxygen atoms in total. The van der Waals surface area contributed by atoms with Crippen LogP contribution in [0.1, 0.15) is 30.1 Å². The van der Waals surface area contributed by atoms with Gasteiger partial charge in [0, 0.05) is 0 Å². The molecule has 0 bridgehead atoms. The van der Waals surface area contributed by atoms with Crippen LogP contribution in [0.5, 0.6) is 0 Å². The van der Waals surface area contributed by atoms with E-state index in [1.165, 1.54) is 0 Å². The zero-order chi connectivity index (χ0) is 9.68. The van der Waals surface area contributed by atoms with Crippen LogP contribution in [-0.2, 0) is 0 Å². The van der Waals surface area contributed by atoms with Gasteiger partial charge < -0.3 is 5.11 Å². The van der Waals surface area contributed by atoms with Crippen LogP contribution in [0.2, 0.25) is 0 Å². The number of benzene rings is 1. The van der Waals surface area contributed by atoms with Crippen molar-refractivity contribution in [1.82, 2.24) is 0 Å². The van der Waals surface area contributed by atoms with E-state index >= 15 is 0 Å². The predicted octanol–water partition coefficient (Wildman–Crippen LogP) is 2.99. The second-order valence-corrected chi connectivity index (χ2v) is 3.24. The average molecular weight is 176 g/mol. The van der Waals surface area contributed by atoms with Gasteiger partial charge in [-0.15, -0.1) is 6.58 Å². The first-order chi connectivity index (χ1) is 6.25. The maximum atomic E-state index is 9.78. The number of hydrogen-bond donors (Lipinski definition) is 1. The van der Waals surface area contributed by atoms with Gasteiger partial charge in [0.2, 0.25) is 0 Å². The highest BCUT2D eigenvalue weighted by atomic mass is 16.3. The molecule has 0 aliphatic heterocycles. The maximum Gasteiger partial charge on any atom is 0.0795 e. The molecule has 0 spiro atoms. The van der Waals surface area contributed by atoms with Gasteiger partial charge in [0.1, 0.15) is 0 Å². The smallest absolute Gasteiger partial charge is 0.0795 e. The number of rotatable bonds is 4. The molecular formula is C12H16O. The molecule has 70 valence electrons. The summed E-state index contributed by atoms with van der Waals surface area (Å²) in [6.07, 6.45) is 3.10. The summed E-state index contributed by atoms with van der Waals surface area (Å²) in [6, 6.07) is 7.94. The van der Waals surface area contributed by atoms with E-state index in [9.17, 15) is 5.11 Å². The largest absolute Gasteiger partial charge is 0.388 e. The summed E-state index contributed by atoms with van der Waals surface area (Å²) in [5, 5.41) is 9.78. The Morgan fingerprint density at radius 1 is 1.46 bits per heavy atom. The van der Waals surface area contributed by atoms with Gasteiger partial charge in [-0.1, -0.05) is 30.3 Å². The minimum atomic E-state index is -0.348. The van der Waals surface area contributed by atoms with Crippen LogP contribution in [0.25, 0.3) is 0 Å². The first kappa shape index (κ1) is 10.0. The molecule has 1 heteroatoms. The first-order valence-corrected chi connectivity index (χ1v) is 4.60. The lowest BCUT2D eigenvalue weighted by molar-refractivity contribution is 0.168. The Labute approximate surface area is 79.7 Å². The SMILES string of the molecule is C=CCCC(O)c1ccccc1C. The standard InChI is InChI=1S/C12H16O/c1-3-4-9-12(13)11-8-6-5-7-10(11)2/h3,5-8,12-13H,1,4,9H2,2H3. The fourth-order valence-corrected chi connectivity index (χ4v) is 1.39. The predicted molar refractivity (Wildman–Crippen MR) is 55.6 cm³/mol. The topological polar surface area (TPSA) is 20.2 Å². The van der Waals surface area contributed by atoms with E-state index in [-0.39, 0.29) is 6.10 Å². The van der Waals surface area contributed by atoms with Gasteiger partial charge in [-0.2, -0.15) is 0 Å². The fourth-order valence-electron chi connectivity index (χ4n) is 1.39. The third kappa shape index (κ3) is 2.71. The van der Waals surface area contributed by atoms with Crippen molar-refractivity contribution in [2.75, 3.05) is 0 Å². The van der Waals surface area contributed by atoms with E-state index in [0.29, 0.717) is 0 Å². The van der Waals surface area contributed by atoms with Gasteiger partial charge in [0.05, 0.1) is 6.10 Å². The molecule has 0 aliphatic rings.